The number of nitrogens with one attached hydrogen (secondary N) is 1. The van der Waals surface area contributed by atoms with E-state index in [1.807, 2.05) is 20.8 Å². The van der Waals surface area contributed by atoms with Crippen LogP contribution in [0.1, 0.15) is 51.8 Å². The second-order valence-electron chi connectivity index (χ2n) is 13.0. The van der Waals surface area contributed by atoms with Crippen LogP contribution in [0, 0.1) is 18.6 Å². The van der Waals surface area contributed by atoms with E-state index in [2.05, 4.69) is 15.3 Å². The fraction of sp³-hybridized carbons (Fsp3) is 0.382. The number of halogens is 2. The lowest BCUT2D eigenvalue weighted by molar-refractivity contribution is -0.118. The number of benzene rings is 1. The maximum atomic E-state index is 16.3. The Balaban J connectivity index is 1.64. The summed E-state index contributed by atoms with van der Waals surface area (Å²) in [5, 5.41) is 2.97. The van der Waals surface area contributed by atoms with Gasteiger partial charge >= 0.3 is 6.09 Å². The van der Waals surface area contributed by atoms with Gasteiger partial charge in [-0.1, -0.05) is 19.9 Å². The van der Waals surface area contributed by atoms with Gasteiger partial charge in [0.2, 0.25) is 5.91 Å². The highest BCUT2D eigenvalue weighted by atomic mass is 19.1. The second kappa shape index (κ2) is 11.6. The average Bonchev–Trinajstić information content (AvgIpc) is 3.00. The highest BCUT2D eigenvalue weighted by Crippen LogP contribution is 2.42. The van der Waals surface area contributed by atoms with Gasteiger partial charge in [-0.3, -0.25) is 19.1 Å². The number of aryl methyl sites for hydroxylation is 1. The molecule has 3 aromatic heterocycles. The molecule has 0 bridgehead atoms. The molecule has 1 fully saturated rings. The van der Waals surface area contributed by atoms with Gasteiger partial charge in [0, 0.05) is 24.7 Å². The predicted molar refractivity (Wildman–Crippen MR) is 173 cm³/mol. The molecular formula is C34H36F2N6O5. The Labute approximate surface area is 270 Å². The SMILES string of the molecule is COc1cccc(F)c1-c1nc2c(cc1F)c1c(c(=O)n2-c2c(C)ccnc2C(C)C)NC(=O)[C@H]2CN(C(=O)OC(C)(C)C)CCN12. The van der Waals surface area contributed by atoms with Crippen LogP contribution < -0.4 is 20.5 Å². The number of ether oxygens (including phenoxy) is 2. The molecule has 246 valence electrons. The van der Waals surface area contributed by atoms with Gasteiger partial charge in [0.05, 0.1) is 36.3 Å². The van der Waals surface area contributed by atoms with E-state index in [4.69, 9.17) is 9.47 Å². The van der Waals surface area contributed by atoms with Crippen molar-refractivity contribution in [1.82, 2.24) is 19.4 Å². The van der Waals surface area contributed by atoms with Gasteiger partial charge in [-0.15, -0.1) is 0 Å². The summed E-state index contributed by atoms with van der Waals surface area (Å²) in [6.45, 7) is 11.2. The van der Waals surface area contributed by atoms with E-state index in [1.54, 1.807) is 37.9 Å². The van der Waals surface area contributed by atoms with Crippen LogP contribution in [0.15, 0.2) is 41.3 Å². The summed E-state index contributed by atoms with van der Waals surface area (Å²) >= 11 is 0. The van der Waals surface area contributed by atoms with Crippen molar-refractivity contribution in [3.63, 3.8) is 0 Å². The lowest BCUT2D eigenvalue weighted by Gasteiger charge is -2.45. The molecule has 0 radical (unpaired) electrons. The standard InChI is InChI=1S/C34H36F2N6O5/c1-17(2)25-28(18(3)11-12-37-25)42-30-19(15-21(36)26(38-30)24-20(35)9-8-10-23(24)46-7)29-27(32(42)44)39-31(43)22-16-40(13-14-41(22)29)33(45)47-34(4,5)6/h8-12,15,17,22H,13-14,16H2,1-7H3,(H,39,43)/t22-/m1/s1. The zero-order chi connectivity index (χ0) is 33.9. The summed E-state index contributed by atoms with van der Waals surface area (Å²) in [7, 11) is 1.34. The van der Waals surface area contributed by atoms with Crippen molar-refractivity contribution >= 4 is 34.4 Å². The first kappa shape index (κ1) is 31.9. The average molecular weight is 647 g/mol. The predicted octanol–water partition coefficient (Wildman–Crippen LogP) is 5.54. The zero-order valence-electron chi connectivity index (χ0n) is 27.3. The van der Waals surface area contributed by atoms with Gasteiger partial charge in [-0.25, -0.2) is 18.6 Å². The number of fused-ring (bicyclic) bond motifs is 5. The van der Waals surface area contributed by atoms with Crippen molar-refractivity contribution in [3.8, 4) is 22.7 Å². The van der Waals surface area contributed by atoms with Gasteiger partial charge in [0.1, 0.15) is 34.6 Å². The highest BCUT2D eigenvalue weighted by Gasteiger charge is 2.43. The van der Waals surface area contributed by atoms with E-state index in [0.717, 1.165) is 0 Å². The molecule has 2 amide bonds. The first-order chi connectivity index (χ1) is 22.2. The summed E-state index contributed by atoms with van der Waals surface area (Å²) < 4.78 is 43.8. The van der Waals surface area contributed by atoms with Gasteiger partial charge in [0.15, 0.2) is 11.5 Å². The van der Waals surface area contributed by atoms with Crippen molar-refractivity contribution in [1.29, 1.82) is 0 Å². The lowest BCUT2D eigenvalue weighted by Crippen LogP contribution is -2.62. The number of rotatable bonds is 4. The van der Waals surface area contributed by atoms with Crippen LogP contribution >= 0.6 is 0 Å². The molecule has 0 saturated carbocycles. The highest BCUT2D eigenvalue weighted by molar-refractivity contribution is 6.10. The molecule has 1 saturated heterocycles. The Morgan fingerprint density at radius 1 is 1.09 bits per heavy atom. The maximum absolute atomic E-state index is 16.3. The Morgan fingerprint density at radius 3 is 2.51 bits per heavy atom. The minimum atomic E-state index is -0.900. The molecule has 47 heavy (non-hydrogen) atoms. The molecule has 11 nitrogen and oxygen atoms in total. The van der Waals surface area contributed by atoms with Crippen molar-refractivity contribution in [2.75, 3.05) is 37.0 Å². The Kier molecular flexibility index (Phi) is 7.89. The molecular weight excluding hydrogens is 610 g/mol. The molecule has 2 aliphatic rings. The quantitative estimate of drug-likeness (QED) is 0.307. The number of piperazine rings is 1. The van der Waals surface area contributed by atoms with Gasteiger partial charge in [0.25, 0.3) is 5.56 Å². The van der Waals surface area contributed by atoms with Crippen molar-refractivity contribution in [3.05, 3.63) is 69.8 Å². The fourth-order valence-electron chi connectivity index (χ4n) is 6.22. The van der Waals surface area contributed by atoms with E-state index in [9.17, 15) is 14.4 Å². The fourth-order valence-corrected chi connectivity index (χ4v) is 6.22. The van der Waals surface area contributed by atoms with Crippen LogP contribution in [-0.4, -0.2) is 69.8 Å². The molecule has 2 aliphatic heterocycles. The van der Waals surface area contributed by atoms with Crippen LogP contribution in [0.2, 0.25) is 0 Å². The number of amides is 2. The number of methoxy groups -OCH3 is 1. The first-order valence-corrected chi connectivity index (χ1v) is 15.3. The molecule has 4 aromatic rings. The van der Waals surface area contributed by atoms with Crippen LogP contribution in [0.25, 0.3) is 28.0 Å². The smallest absolute Gasteiger partial charge is 0.410 e. The molecule has 0 unspecified atom stereocenters. The van der Waals surface area contributed by atoms with Gasteiger partial charge in [-0.2, -0.15) is 0 Å². The van der Waals surface area contributed by atoms with Gasteiger partial charge in [-0.05, 0) is 63.4 Å². The molecule has 0 aliphatic carbocycles. The summed E-state index contributed by atoms with van der Waals surface area (Å²) in [5.74, 6) is -2.18. The lowest BCUT2D eigenvalue weighted by atomic mass is 10.0. The van der Waals surface area contributed by atoms with Crippen LogP contribution in [-0.2, 0) is 9.53 Å². The minimum absolute atomic E-state index is 0.0234. The van der Waals surface area contributed by atoms with E-state index >= 15 is 8.78 Å². The van der Waals surface area contributed by atoms with Gasteiger partial charge < -0.3 is 24.6 Å². The van der Waals surface area contributed by atoms with Crippen molar-refractivity contribution in [2.24, 2.45) is 0 Å². The summed E-state index contributed by atoms with van der Waals surface area (Å²) in [5.41, 5.74) is 0.0464. The number of aromatic nitrogens is 3. The largest absolute Gasteiger partial charge is 0.496 e. The summed E-state index contributed by atoms with van der Waals surface area (Å²) in [6.07, 6.45) is 1.07. The first-order valence-electron chi connectivity index (χ1n) is 15.3. The summed E-state index contributed by atoms with van der Waals surface area (Å²) in [4.78, 5) is 53.5. The third kappa shape index (κ3) is 5.43. The Hall–Kier alpha value is -5.07. The van der Waals surface area contributed by atoms with Crippen LogP contribution in [0.3, 0.4) is 0 Å². The molecule has 6 rings (SSSR count). The van der Waals surface area contributed by atoms with Crippen molar-refractivity contribution < 1.29 is 27.8 Å². The van der Waals surface area contributed by atoms with E-state index in [-0.39, 0.29) is 65.0 Å². The molecule has 13 heteroatoms. The molecule has 0 spiro atoms. The van der Waals surface area contributed by atoms with E-state index in [1.165, 1.54) is 40.8 Å². The third-order valence-corrected chi connectivity index (χ3v) is 8.30. The summed E-state index contributed by atoms with van der Waals surface area (Å²) in [6, 6.07) is 6.16. The normalized spacial score (nSPS) is 16.2. The third-order valence-electron chi connectivity index (χ3n) is 8.30. The molecule has 1 aromatic carbocycles. The molecule has 5 heterocycles. The Bertz CT molecular complexity index is 2000. The Morgan fingerprint density at radius 2 is 1.83 bits per heavy atom. The zero-order valence-corrected chi connectivity index (χ0v) is 27.3. The number of carbonyl (C=O) groups excluding carboxylic acids is 2. The van der Waals surface area contributed by atoms with Crippen LogP contribution in [0.4, 0.5) is 25.0 Å². The minimum Gasteiger partial charge on any atom is -0.496 e. The molecule has 1 N–H and O–H groups in total. The van der Waals surface area contributed by atoms with Crippen molar-refractivity contribution in [2.45, 2.75) is 59.1 Å². The van der Waals surface area contributed by atoms with Crippen LogP contribution in [0.5, 0.6) is 5.75 Å². The maximum Gasteiger partial charge on any atom is 0.410 e. The number of hydrogen-bond donors (Lipinski definition) is 1. The number of hydrogen-bond acceptors (Lipinski definition) is 8. The number of nitrogens with zero attached hydrogens (tertiary/aromatic N) is 5. The number of anilines is 2. The topological polar surface area (TPSA) is 119 Å². The van der Waals surface area contributed by atoms with E-state index < -0.39 is 40.8 Å². The monoisotopic (exact) mass is 646 g/mol. The van der Waals surface area contributed by atoms with E-state index in [0.29, 0.717) is 16.9 Å². The number of carbonyl (C=O) groups is 2. The second-order valence-corrected chi connectivity index (χ2v) is 13.0. The number of pyridine rings is 3. The molecule has 1 atom stereocenters.